The second kappa shape index (κ2) is 9.36. The molecule has 3 aromatic rings. The summed E-state index contributed by atoms with van der Waals surface area (Å²) in [6.07, 6.45) is 1.49. The van der Waals surface area contributed by atoms with Crippen LogP contribution in [0.15, 0.2) is 63.5 Å². The van der Waals surface area contributed by atoms with E-state index in [1.807, 2.05) is 30.3 Å². The van der Waals surface area contributed by atoms with Crippen LogP contribution in [0.2, 0.25) is 5.02 Å². The highest BCUT2D eigenvalue weighted by molar-refractivity contribution is 7.07. The van der Waals surface area contributed by atoms with E-state index >= 15 is 0 Å². The fraction of sp³-hybridized carbons (Fsp3) is 0.269. The van der Waals surface area contributed by atoms with Gasteiger partial charge in [-0.2, -0.15) is 0 Å². The lowest BCUT2D eigenvalue weighted by Crippen LogP contribution is -2.40. The fourth-order valence-electron chi connectivity index (χ4n) is 4.12. The topological polar surface area (TPSA) is 79.1 Å². The molecule has 3 heterocycles. The smallest absolute Gasteiger partial charge is 0.338 e. The fourth-order valence-corrected chi connectivity index (χ4v) is 5.29. The van der Waals surface area contributed by atoms with Gasteiger partial charge in [-0.05, 0) is 62.2 Å². The summed E-state index contributed by atoms with van der Waals surface area (Å²) >= 11 is 7.38. The summed E-state index contributed by atoms with van der Waals surface area (Å²) in [7, 11) is 0. The highest BCUT2D eigenvalue weighted by atomic mass is 35.5. The molecule has 2 aliphatic heterocycles. The first kappa shape index (κ1) is 23.4. The van der Waals surface area contributed by atoms with Crippen molar-refractivity contribution >= 4 is 35.0 Å². The molecule has 0 saturated heterocycles. The number of fused-ring (bicyclic) bond motifs is 2. The molecule has 0 unspecified atom stereocenters. The summed E-state index contributed by atoms with van der Waals surface area (Å²) in [6.45, 7) is 6.32. The number of halogens is 1. The number of esters is 1. The molecule has 9 heteroatoms. The number of hydrogen-bond acceptors (Lipinski definition) is 7. The number of allylic oxidation sites excluding steroid dienone is 1. The summed E-state index contributed by atoms with van der Waals surface area (Å²) in [5.74, 6) is 0.829. The van der Waals surface area contributed by atoms with E-state index in [-0.39, 0.29) is 11.7 Å². The zero-order valence-electron chi connectivity index (χ0n) is 19.4. The van der Waals surface area contributed by atoms with E-state index in [1.54, 1.807) is 43.5 Å². The van der Waals surface area contributed by atoms with Crippen molar-refractivity contribution in [3.05, 3.63) is 89.6 Å². The number of benzene rings is 2. The van der Waals surface area contributed by atoms with Crippen LogP contribution < -0.4 is 24.4 Å². The molecule has 0 saturated carbocycles. The average Bonchev–Trinajstić information content (AvgIpc) is 3.12. The molecule has 180 valence electrons. The normalized spacial score (nSPS) is 17.3. The zero-order valence-corrected chi connectivity index (χ0v) is 21.0. The second-order valence-electron chi connectivity index (χ2n) is 8.49. The molecule has 0 bridgehead atoms. The predicted molar refractivity (Wildman–Crippen MR) is 134 cm³/mol. The maximum Gasteiger partial charge on any atom is 0.338 e. The third-order valence-electron chi connectivity index (χ3n) is 5.63. The molecule has 0 N–H and O–H groups in total. The van der Waals surface area contributed by atoms with Gasteiger partial charge in [-0.15, -0.1) is 0 Å². The molecule has 1 atom stereocenters. The molecule has 1 aromatic heterocycles. The Morgan fingerprint density at radius 2 is 1.89 bits per heavy atom. The average molecular weight is 511 g/mol. The number of ether oxygens (including phenoxy) is 3. The predicted octanol–water partition coefficient (Wildman–Crippen LogP) is 3.61. The van der Waals surface area contributed by atoms with Gasteiger partial charge in [0.25, 0.3) is 5.56 Å². The van der Waals surface area contributed by atoms with E-state index in [4.69, 9.17) is 25.8 Å². The molecule has 5 rings (SSSR count). The number of carbonyl (C=O) groups excluding carboxylic acids is 1. The second-order valence-corrected chi connectivity index (χ2v) is 9.94. The Bertz CT molecular complexity index is 1520. The number of rotatable bonds is 4. The zero-order chi connectivity index (χ0) is 24.7. The molecule has 0 amide bonds. The highest BCUT2D eigenvalue weighted by Crippen LogP contribution is 2.32. The van der Waals surface area contributed by atoms with Crippen molar-refractivity contribution in [2.75, 3.05) is 13.2 Å². The monoisotopic (exact) mass is 510 g/mol. The molecule has 0 spiro atoms. The lowest BCUT2D eigenvalue weighted by molar-refractivity contribution is -0.143. The first-order valence-corrected chi connectivity index (χ1v) is 12.4. The molecule has 2 aliphatic rings. The Balaban J connectivity index is 1.67. The van der Waals surface area contributed by atoms with Gasteiger partial charge < -0.3 is 14.2 Å². The summed E-state index contributed by atoms with van der Waals surface area (Å²) in [5.41, 5.74) is 2.15. The third kappa shape index (κ3) is 4.51. The number of thiazole rings is 1. The minimum Gasteiger partial charge on any atom is -0.486 e. The molecule has 35 heavy (non-hydrogen) atoms. The van der Waals surface area contributed by atoms with Crippen LogP contribution in [-0.4, -0.2) is 29.9 Å². The molecular weight excluding hydrogens is 488 g/mol. The largest absolute Gasteiger partial charge is 0.486 e. The minimum absolute atomic E-state index is 0.245. The molecule has 7 nitrogen and oxygen atoms in total. The summed E-state index contributed by atoms with van der Waals surface area (Å²) in [6, 6.07) is 12.0. The number of carbonyl (C=O) groups is 1. The van der Waals surface area contributed by atoms with Crippen molar-refractivity contribution in [1.29, 1.82) is 0 Å². The van der Waals surface area contributed by atoms with Gasteiger partial charge in [0.05, 0.1) is 27.9 Å². The van der Waals surface area contributed by atoms with Crippen LogP contribution in [0.3, 0.4) is 0 Å². The SMILES string of the molecule is CC1=C(C(=O)OC(C)C)[C@@H](c2ccc(Cl)cc2)n2c(s/c(=C\c3ccc4c(c3)OCCO4)c2=O)=N1. The van der Waals surface area contributed by atoms with E-state index in [2.05, 4.69) is 4.99 Å². The molecule has 0 aliphatic carbocycles. The minimum atomic E-state index is -0.683. The van der Waals surface area contributed by atoms with Crippen LogP contribution in [0.4, 0.5) is 0 Å². The Labute approximate surface area is 210 Å². The lowest BCUT2D eigenvalue weighted by Gasteiger charge is -2.25. The highest BCUT2D eigenvalue weighted by Gasteiger charge is 2.33. The van der Waals surface area contributed by atoms with Crippen LogP contribution in [0.1, 0.15) is 37.9 Å². The molecular formula is C26H23ClN2O5S. The van der Waals surface area contributed by atoms with Gasteiger partial charge in [0.2, 0.25) is 0 Å². The van der Waals surface area contributed by atoms with Crippen molar-refractivity contribution in [3.63, 3.8) is 0 Å². The van der Waals surface area contributed by atoms with Crippen molar-refractivity contribution in [3.8, 4) is 11.5 Å². The van der Waals surface area contributed by atoms with Crippen molar-refractivity contribution < 1.29 is 19.0 Å². The van der Waals surface area contributed by atoms with Crippen LogP contribution in [0.25, 0.3) is 6.08 Å². The van der Waals surface area contributed by atoms with E-state index < -0.39 is 12.0 Å². The van der Waals surface area contributed by atoms with Crippen LogP contribution >= 0.6 is 22.9 Å². The van der Waals surface area contributed by atoms with Crippen LogP contribution in [0, 0.1) is 0 Å². The Morgan fingerprint density at radius 1 is 1.17 bits per heavy atom. The first-order valence-electron chi connectivity index (χ1n) is 11.2. The number of aromatic nitrogens is 1. The quantitative estimate of drug-likeness (QED) is 0.501. The lowest BCUT2D eigenvalue weighted by atomic mass is 9.96. The van der Waals surface area contributed by atoms with E-state index in [9.17, 15) is 9.59 Å². The summed E-state index contributed by atoms with van der Waals surface area (Å²) in [4.78, 5) is 31.9. The van der Waals surface area contributed by atoms with Gasteiger partial charge in [-0.3, -0.25) is 9.36 Å². The maximum atomic E-state index is 13.7. The van der Waals surface area contributed by atoms with Gasteiger partial charge in [0.1, 0.15) is 13.2 Å². The van der Waals surface area contributed by atoms with Crippen molar-refractivity contribution in [1.82, 2.24) is 4.57 Å². The van der Waals surface area contributed by atoms with Gasteiger partial charge >= 0.3 is 5.97 Å². The van der Waals surface area contributed by atoms with Crippen LogP contribution in [-0.2, 0) is 9.53 Å². The van der Waals surface area contributed by atoms with E-state index in [0.717, 1.165) is 11.1 Å². The van der Waals surface area contributed by atoms with Crippen molar-refractivity contribution in [2.24, 2.45) is 4.99 Å². The summed E-state index contributed by atoms with van der Waals surface area (Å²) in [5, 5.41) is 0.562. The standard InChI is InChI=1S/C26H23ClN2O5S/c1-14(2)34-25(31)22-15(3)28-26-29(23(22)17-5-7-18(27)8-6-17)24(30)21(35-26)13-16-4-9-19-20(12-16)33-11-10-32-19/h4-9,12-14,23H,10-11H2,1-3H3/b21-13-/t23-/m1/s1. The van der Waals surface area contributed by atoms with Gasteiger partial charge in [-0.1, -0.05) is 41.1 Å². The van der Waals surface area contributed by atoms with Gasteiger partial charge in [-0.25, -0.2) is 9.79 Å². The Kier molecular flexibility index (Phi) is 6.25. The number of nitrogens with zero attached hydrogens (tertiary/aromatic N) is 2. The summed E-state index contributed by atoms with van der Waals surface area (Å²) < 4.78 is 18.8. The van der Waals surface area contributed by atoms with E-state index in [1.165, 1.54) is 11.3 Å². The van der Waals surface area contributed by atoms with Gasteiger partial charge in [0, 0.05) is 5.02 Å². The molecule has 2 aromatic carbocycles. The van der Waals surface area contributed by atoms with Crippen molar-refractivity contribution in [2.45, 2.75) is 32.9 Å². The first-order chi connectivity index (χ1) is 16.8. The van der Waals surface area contributed by atoms with E-state index in [0.29, 0.717) is 50.3 Å². The molecule has 0 radical (unpaired) electrons. The Hall–Kier alpha value is -3.36. The molecule has 0 fully saturated rings. The number of hydrogen-bond donors (Lipinski definition) is 0. The maximum absolute atomic E-state index is 13.7. The Morgan fingerprint density at radius 3 is 2.60 bits per heavy atom. The third-order valence-corrected chi connectivity index (χ3v) is 6.87. The van der Waals surface area contributed by atoms with Gasteiger partial charge in [0.15, 0.2) is 16.3 Å². The van der Waals surface area contributed by atoms with Crippen LogP contribution in [0.5, 0.6) is 11.5 Å².